The number of ketones is 1. The number of rotatable bonds is 1. The van der Waals surface area contributed by atoms with E-state index < -0.39 is 0 Å². The predicted molar refractivity (Wildman–Crippen MR) is 45.4 cm³/mol. The summed E-state index contributed by atoms with van der Waals surface area (Å²) in [5, 5.41) is 9.12. The van der Waals surface area contributed by atoms with Crippen molar-refractivity contribution in [1.29, 1.82) is 0 Å². The quantitative estimate of drug-likeness (QED) is 0.496. The number of phenols is 1. The molecule has 0 aromatic heterocycles. The highest BCUT2D eigenvalue weighted by Crippen LogP contribution is 2.21. The van der Waals surface area contributed by atoms with Gasteiger partial charge < -0.3 is 5.11 Å². The molecule has 0 fully saturated rings. The Kier molecular flexibility index (Phi) is 2.19. The molecule has 0 aliphatic heterocycles. The van der Waals surface area contributed by atoms with E-state index in [1.54, 1.807) is 12.1 Å². The van der Waals surface area contributed by atoms with Crippen molar-refractivity contribution in [2.24, 2.45) is 0 Å². The maximum absolute atomic E-state index is 10.8. The number of benzene rings is 1. The first kappa shape index (κ1) is 8.14. The number of aromatic hydroxyl groups is 1. The Morgan fingerprint density at radius 1 is 1.55 bits per heavy atom. The van der Waals surface area contributed by atoms with Crippen LogP contribution in [0.2, 0.25) is 0 Å². The molecule has 0 unspecified atom stereocenters. The molecule has 1 N–H and O–H groups in total. The van der Waals surface area contributed by atoms with Crippen LogP contribution in [0.4, 0.5) is 0 Å². The van der Waals surface area contributed by atoms with E-state index in [0.29, 0.717) is 10.5 Å². The van der Waals surface area contributed by atoms with Gasteiger partial charge in [0.2, 0.25) is 0 Å². The van der Waals surface area contributed by atoms with Crippen LogP contribution in [0.5, 0.6) is 5.75 Å². The third-order valence-corrected chi connectivity index (χ3v) is 1.76. The molecule has 0 saturated carbocycles. The van der Waals surface area contributed by atoms with Crippen LogP contribution in [0.3, 0.4) is 0 Å². The molecule has 3 heteroatoms. The molecule has 0 radical (unpaired) electrons. The van der Waals surface area contributed by atoms with Gasteiger partial charge in [-0.05, 0) is 19.1 Å². The van der Waals surface area contributed by atoms with Crippen molar-refractivity contribution in [2.45, 2.75) is 11.8 Å². The van der Waals surface area contributed by atoms with Crippen LogP contribution in [0.15, 0.2) is 23.1 Å². The lowest BCUT2D eigenvalue weighted by Crippen LogP contribution is -1.90. The largest absolute Gasteiger partial charge is 0.507 e. The summed E-state index contributed by atoms with van der Waals surface area (Å²) in [6.45, 7) is 1.45. The number of carbonyl (C=O) groups excluding carboxylic acids is 1. The molecule has 0 spiro atoms. The minimum absolute atomic E-state index is 0.0426. The lowest BCUT2D eigenvalue weighted by atomic mass is 10.1. The van der Waals surface area contributed by atoms with Gasteiger partial charge >= 0.3 is 0 Å². The highest BCUT2D eigenvalue weighted by atomic mass is 32.1. The number of phenolic OH excluding ortho intramolecular Hbond substituents is 1. The number of carbonyl (C=O) groups is 1. The van der Waals surface area contributed by atoms with E-state index in [4.69, 9.17) is 5.11 Å². The van der Waals surface area contributed by atoms with Crippen molar-refractivity contribution in [2.75, 3.05) is 0 Å². The molecule has 58 valence electrons. The molecule has 0 heterocycles. The Bertz CT molecular complexity index is 294. The molecular weight excluding hydrogens is 160 g/mol. The molecule has 2 nitrogen and oxygen atoms in total. The molecule has 0 saturated heterocycles. The van der Waals surface area contributed by atoms with E-state index in [1.165, 1.54) is 13.0 Å². The Balaban J connectivity index is 3.15. The highest BCUT2D eigenvalue weighted by Gasteiger charge is 2.01. The van der Waals surface area contributed by atoms with Gasteiger partial charge in [0.1, 0.15) is 5.75 Å². The summed E-state index contributed by atoms with van der Waals surface area (Å²) in [5.74, 6) is -0.0188. The molecule has 0 amide bonds. The lowest BCUT2D eigenvalue weighted by Gasteiger charge is -1.98. The summed E-state index contributed by atoms with van der Waals surface area (Å²) < 4.78 is 0. The van der Waals surface area contributed by atoms with Crippen LogP contribution >= 0.6 is 12.6 Å². The average Bonchev–Trinajstić information content (AvgIpc) is 1.94. The molecular formula is C8H8O2S. The van der Waals surface area contributed by atoms with Crippen LogP contribution in [0.1, 0.15) is 17.3 Å². The van der Waals surface area contributed by atoms with Crippen LogP contribution in [0.25, 0.3) is 0 Å². The summed E-state index contributed by atoms with van der Waals surface area (Å²) in [5.41, 5.74) is 0.500. The maximum atomic E-state index is 10.8. The SMILES string of the molecule is CC(=O)c1ccc(S)c(O)c1. The molecule has 0 bridgehead atoms. The van der Waals surface area contributed by atoms with Gasteiger partial charge in [-0.15, -0.1) is 12.6 Å². The zero-order valence-electron chi connectivity index (χ0n) is 6.03. The van der Waals surface area contributed by atoms with Crippen LogP contribution < -0.4 is 0 Å². The second kappa shape index (κ2) is 2.96. The van der Waals surface area contributed by atoms with Gasteiger partial charge in [0.15, 0.2) is 5.78 Å². The molecule has 1 aromatic rings. The molecule has 11 heavy (non-hydrogen) atoms. The minimum atomic E-state index is -0.0615. The Morgan fingerprint density at radius 3 is 2.64 bits per heavy atom. The first-order valence-electron chi connectivity index (χ1n) is 3.14. The second-order valence-electron chi connectivity index (χ2n) is 2.26. The third kappa shape index (κ3) is 1.74. The predicted octanol–water partition coefficient (Wildman–Crippen LogP) is 1.88. The first-order chi connectivity index (χ1) is 5.11. The van der Waals surface area contributed by atoms with Crippen molar-refractivity contribution < 1.29 is 9.90 Å². The smallest absolute Gasteiger partial charge is 0.159 e. The fraction of sp³-hybridized carbons (Fsp3) is 0.125. The van der Waals surface area contributed by atoms with E-state index in [-0.39, 0.29) is 11.5 Å². The van der Waals surface area contributed by atoms with Crippen LogP contribution in [-0.2, 0) is 0 Å². The van der Waals surface area contributed by atoms with Crippen molar-refractivity contribution in [3.63, 3.8) is 0 Å². The molecule has 0 aliphatic carbocycles. The van der Waals surface area contributed by atoms with E-state index in [0.717, 1.165) is 0 Å². The second-order valence-corrected chi connectivity index (χ2v) is 2.74. The van der Waals surface area contributed by atoms with E-state index in [9.17, 15) is 4.79 Å². The summed E-state index contributed by atoms with van der Waals surface area (Å²) in [6, 6.07) is 4.63. The Labute approximate surface area is 70.3 Å². The number of hydrogen-bond acceptors (Lipinski definition) is 3. The summed E-state index contributed by atoms with van der Waals surface area (Å²) in [7, 11) is 0. The Morgan fingerprint density at radius 2 is 2.18 bits per heavy atom. The number of Topliss-reactive ketones (excluding diaryl/α,β-unsaturated/α-hetero) is 1. The van der Waals surface area contributed by atoms with E-state index >= 15 is 0 Å². The van der Waals surface area contributed by atoms with Gasteiger partial charge in [-0.1, -0.05) is 6.07 Å². The van der Waals surface area contributed by atoms with Gasteiger partial charge in [-0.3, -0.25) is 4.79 Å². The van der Waals surface area contributed by atoms with Crippen LogP contribution in [0, 0.1) is 0 Å². The molecule has 0 aliphatic rings. The Hall–Kier alpha value is -0.960. The van der Waals surface area contributed by atoms with Crippen molar-refractivity contribution >= 4 is 18.4 Å². The average molecular weight is 168 g/mol. The van der Waals surface area contributed by atoms with Crippen LogP contribution in [-0.4, -0.2) is 10.9 Å². The molecule has 0 atom stereocenters. The fourth-order valence-corrected chi connectivity index (χ4v) is 0.882. The lowest BCUT2D eigenvalue weighted by molar-refractivity contribution is 0.101. The standard InChI is InChI=1S/C8H8O2S/c1-5(9)6-2-3-8(11)7(10)4-6/h2-4,10-11H,1H3. The van der Waals surface area contributed by atoms with Gasteiger partial charge in [0.05, 0.1) is 0 Å². The van der Waals surface area contributed by atoms with Gasteiger partial charge in [-0.2, -0.15) is 0 Å². The van der Waals surface area contributed by atoms with E-state index in [2.05, 4.69) is 12.6 Å². The zero-order chi connectivity index (χ0) is 8.43. The number of thiol groups is 1. The minimum Gasteiger partial charge on any atom is -0.507 e. The topological polar surface area (TPSA) is 37.3 Å². The molecule has 1 aromatic carbocycles. The maximum Gasteiger partial charge on any atom is 0.159 e. The van der Waals surface area contributed by atoms with Crippen molar-refractivity contribution in [3.05, 3.63) is 23.8 Å². The van der Waals surface area contributed by atoms with Gasteiger partial charge in [0.25, 0.3) is 0 Å². The van der Waals surface area contributed by atoms with Gasteiger partial charge in [0, 0.05) is 10.5 Å². The first-order valence-corrected chi connectivity index (χ1v) is 3.59. The zero-order valence-corrected chi connectivity index (χ0v) is 6.93. The summed E-state index contributed by atoms with van der Waals surface area (Å²) >= 11 is 3.95. The molecule has 1 rings (SSSR count). The van der Waals surface area contributed by atoms with Crippen molar-refractivity contribution in [1.82, 2.24) is 0 Å². The van der Waals surface area contributed by atoms with Crippen molar-refractivity contribution in [3.8, 4) is 5.75 Å². The monoisotopic (exact) mass is 168 g/mol. The fourth-order valence-electron chi connectivity index (χ4n) is 0.742. The van der Waals surface area contributed by atoms with Gasteiger partial charge in [-0.25, -0.2) is 0 Å². The number of hydrogen-bond donors (Lipinski definition) is 2. The third-order valence-electron chi connectivity index (χ3n) is 1.38. The normalized spacial score (nSPS) is 9.64. The summed E-state index contributed by atoms with van der Waals surface area (Å²) in [4.78, 5) is 11.3. The highest BCUT2D eigenvalue weighted by molar-refractivity contribution is 7.80. The summed E-state index contributed by atoms with van der Waals surface area (Å²) in [6.07, 6.45) is 0. The van der Waals surface area contributed by atoms with E-state index in [1.807, 2.05) is 0 Å².